The summed E-state index contributed by atoms with van der Waals surface area (Å²) in [6.45, 7) is 0. The van der Waals surface area contributed by atoms with Gasteiger partial charge in [0, 0.05) is 17.8 Å². The second kappa shape index (κ2) is 5.07. The number of hydrogen-bond donors (Lipinski definition) is 0. The lowest BCUT2D eigenvalue weighted by Gasteiger charge is -2.08. The highest BCUT2D eigenvalue weighted by Crippen LogP contribution is 2.30. The first kappa shape index (κ1) is 12.7. The first-order chi connectivity index (χ1) is 10.8. The van der Waals surface area contributed by atoms with Crippen molar-refractivity contribution in [1.82, 2.24) is 14.5 Å². The third-order valence-electron chi connectivity index (χ3n) is 3.60. The van der Waals surface area contributed by atoms with Crippen molar-refractivity contribution < 1.29 is 4.39 Å². The predicted octanol–water partition coefficient (Wildman–Crippen LogP) is 4.23. The van der Waals surface area contributed by atoms with E-state index in [4.69, 9.17) is 0 Å². The van der Waals surface area contributed by atoms with E-state index in [2.05, 4.69) is 16.0 Å². The number of fused-ring (bicyclic) bond motifs is 1. The van der Waals surface area contributed by atoms with Crippen LogP contribution < -0.4 is 0 Å². The van der Waals surface area contributed by atoms with Gasteiger partial charge in [-0.3, -0.25) is 4.57 Å². The number of aromatic nitrogens is 3. The van der Waals surface area contributed by atoms with E-state index >= 15 is 0 Å². The van der Waals surface area contributed by atoms with Crippen LogP contribution in [0, 0.1) is 5.82 Å². The molecule has 0 unspecified atom stereocenters. The van der Waals surface area contributed by atoms with Crippen molar-refractivity contribution in [3.63, 3.8) is 0 Å². The van der Waals surface area contributed by atoms with E-state index in [0.717, 1.165) is 22.2 Å². The second-order valence-electron chi connectivity index (χ2n) is 4.98. The Labute approximate surface area is 126 Å². The average molecular weight is 289 g/mol. The molecule has 4 rings (SSSR count). The summed E-state index contributed by atoms with van der Waals surface area (Å²) in [7, 11) is 0. The van der Waals surface area contributed by atoms with Gasteiger partial charge in [0.2, 0.25) is 5.95 Å². The Morgan fingerprint density at radius 1 is 0.818 bits per heavy atom. The van der Waals surface area contributed by atoms with Gasteiger partial charge in [0.25, 0.3) is 0 Å². The van der Waals surface area contributed by atoms with Crippen LogP contribution in [0.1, 0.15) is 0 Å². The third kappa shape index (κ3) is 2.05. The van der Waals surface area contributed by atoms with Gasteiger partial charge in [0.1, 0.15) is 5.82 Å². The van der Waals surface area contributed by atoms with E-state index in [1.54, 1.807) is 30.6 Å². The molecule has 2 aromatic heterocycles. The summed E-state index contributed by atoms with van der Waals surface area (Å²) in [6, 6.07) is 18.4. The Bertz CT molecular complexity index is 928. The minimum absolute atomic E-state index is 0.248. The molecule has 0 saturated heterocycles. The summed E-state index contributed by atoms with van der Waals surface area (Å²) in [4.78, 5) is 8.71. The van der Waals surface area contributed by atoms with Crippen LogP contribution in [-0.4, -0.2) is 14.5 Å². The fourth-order valence-corrected chi connectivity index (χ4v) is 2.61. The van der Waals surface area contributed by atoms with Crippen molar-refractivity contribution >= 4 is 10.9 Å². The predicted molar refractivity (Wildman–Crippen MR) is 84.3 cm³/mol. The Morgan fingerprint density at radius 2 is 1.55 bits per heavy atom. The van der Waals surface area contributed by atoms with Crippen molar-refractivity contribution in [2.75, 3.05) is 0 Å². The minimum atomic E-state index is -0.248. The van der Waals surface area contributed by atoms with Gasteiger partial charge < -0.3 is 0 Å². The van der Waals surface area contributed by atoms with Crippen LogP contribution >= 0.6 is 0 Å². The fraction of sp³-hybridized carbons (Fsp3) is 0. The Balaban J connectivity index is 2.04. The molecule has 0 aliphatic heterocycles. The number of halogens is 1. The van der Waals surface area contributed by atoms with Crippen LogP contribution in [0.25, 0.3) is 28.1 Å². The van der Waals surface area contributed by atoms with Gasteiger partial charge in [0.05, 0.1) is 11.2 Å². The first-order valence-corrected chi connectivity index (χ1v) is 6.97. The molecule has 0 saturated carbocycles. The molecule has 0 aliphatic carbocycles. The zero-order valence-corrected chi connectivity index (χ0v) is 11.6. The van der Waals surface area contributed by atoms with Gasteiger partial charge in [0.15, 0.2) is 0 Å². The summed E-state index contributed by atoms with van der Waals surface area (Å²) < 4.78 is 15.2. The molecule has 0 radical (unpaired) electrons. The second-order valence-corrected chi connectivity index (χ2v) is 4.98. The highest BCUT2D eigenvalue weighted by atomic mass is 19.1. The summed E-state index contributed by atoms with van der Waals surface area (Å²) in [5.41, 5.74) is 2.88. The highest BCUT2D eigenvalue weighted by molar-refractivity contribution is 5.88. The van der Waals surface area contributed by atoms with Crippen LogP contribution in [0.3, 0.4) is 0 Å². The van der Waals surface area contributed by atoms with Gasteiger partial charge in [-0.2, -0.15) is 0 Å². The number of rotatable bonds is 2. The highest BCUT2D eigenvalue weighted by Gasteiger charge is 2.13. The Morgan fingerprint density at radius 3 is 2.32 bits per heavy atom. The smallest absolute Gasteiger partial charge is 0.234 e. The van der Waals surface area contributed by atoms with E-state index in [1.165, 1.54) is 12.1 Å². The zero-order valence-electron chi connectivity index (χ0n) is 11.6. The van der Waals surface area contributed by atoms with E-state index < -0.39 is 0 Å². The molecule has 0 aliphatic rings. The quantitative estimate of drug-likeness (QED) is 0.553. The standard InChI is InChI=1S/C18H12FN3/c19-15-8-6-13(7-9-15)17-12-14-4-1-2-5-16(14)22(17)18-20-10-3-11-21-18/h1-12H. The molecule has 22 heavy (non-hydrogen) atoms. The number of para-hydroxylation sites is 1. The molecule has 0 atom stereocenters. The summed E-state index contributed by atoms with van der Waals surface area (Å²) in [5.74, 6) is 0.352. The maximum Gasteiger partial charge on any atom is 0.234 e. The van der Waals surface area contributed by atoms with Gasteiger partial charge in [-0.15, -0.1) is 0 Å². The third-order valence-corrected chi connectivity index (χ3v) is 3.60. The van der Waals surface area contributed by atoms with E-state index in [-0.39, 0.29) is 5.82 Å². The lowest BCUT2D eigenvalue weighted by Crippen LogP contribution is -2.01. The molecule has 0 N–H and O–H groups in total. The van der Waals surface area contributed by atoms with Gasteiger partial charge in [-0.25, -0.2) is 14.4 Å². The van der Waals surface area contributed by atoms with Crippen molar-refractivity contribution in [2.45, 2.75) is 0 Å². The van der Waals surface area contributed by atoms with E-state index in [0.29, 0.717) is 5.95 Å². The topological polar surface area (TPSA) is 30.7 Å². The van der Waals surface area contributed by atoms with Crippen molar-refractivity contribution in [2.24, 2.45) is 0 Å². The van der Waals surface area contributed by atoms with Gasteiger partial charge in [-0.05, 0) is 48.0 Å². The maximum atomic E-state index is 13.2. The van der Waals surface area contributed by atoms with Crippen molar-refractivity contribution in [3.05, 3.63) is 78.9 Å². The summed E-state index contributed by atoms with van der Waals surface area (Å²) in [6.07, 6.45) is 3.43. The maximum absolute atomic E-state index is 13.2. The molecule has 4 heteroatoms. The normalized spacial score (nSPS) is 11.0. The van der Waals surface area contributed by atoms with Crippen LogP contribution in [0.2, 0.25) is 0 Å². The number of hydrogen-bond acceptors (Lipinski definition) is 2. The molecular formula is C18H12FN3. The fourth-order valence-electron chi connectivity index (χ4n) is 2.61. The monoisotopic (exact) mass is 289 g/mol. The summed E-state index contributed by atoms with van der Waals surface area (Å²) >= 11 is 0. The van der Waals surface area contributed by atoms with Gasteiger partial charge in [-0.1, -0.05) is 18.2 Å². The van der Waals surface area contributed by atoms with Crippen molar-refractivity contribution in [1.29, 1.82) is 0 Å². The van der Waals surface area contributed by atoms with Crippen LogP contribution in [-0.2, 0) is 0 Å². The molecule has 106 valence electrons. The van der Waals surface area contributed by atoms with E-state index in [1.807, 2.05) is 28.8 Å². The lowest BCUT2D eigenvalue weighted by molar-refractivity contribution is 0.628. The SMILES string of the molecule is Fc1ccc(-c2cc3ccccc3n2-c2ncccn2)cc1. The molecule has 3 nitrogen and oxygen atoms in total. The van der Waals surface area contributed by atoms with Crippen LogP contribution in [0.15, 0.2) is 73.1 Å². The summed E-state index contributed by atoms with van der Waals surface area (Å²) in [5, 5.41) is 1.09. The lowest BCUT2D eigenvalue weighted by atomic mass is 10.1. The molecule has 0 bridgehead atoms. The molecule has 0 fully saturated rings. The molecule has 0 amide bonds. The number of nitrogens with zero attached hydrogens (tertiary/aromatic N) is 3. The van der Waals surface area contributed by atoms with Crippen molar-refractivity contribution in [3.8, 4) is 17.2 Å². The largest absolute Gasteiger partial charge is 0.278 e. The molecule has 4 aromatic rings. The van der Waals surface area contributed by atoms with Crippen LogP contribution in [0.4, 0.5) is 4.39 Å². The van der Waals surface area contributed by atoms with Crippen LogP contribution in [0.5, 0.6) is 0 Å². The minimum Gasteiger partial charge on any atom is -0.278 e. The Hall–Kier alpha value is -3.01. The molecule has 2 heterocycles. The average Bonchev–Trinajstić information content (AvgIpc) is 2.96. The zero-order chi connectivity index (χ0) is 14.9. The molecule has 2 aromatic carbocycles. The van der Waals surface area contributed by atoms with E-state index in [9.17, 15) is 4.39 Å². The van der Waals surface area contributed by atoms with Gasteiger partial charge >= 0.3 is 0 Å². The molecular weight excluding hydrogens is 277 g/mol. The first-order valence-electron chi connectivity index (χ1n) is 6.97. The number of benzene rings is 2. The Kier molecular flexibility index (Phi) is 2.93. The molecule has 0 spiro atoms.